The van der Waals surface area contributed by atoms with Gasteiger partial charge in [-0.25, -0.2) is 33.7 Å². The number of fused-ring (bicyclic) bond motifs is 7. The molecule has 5 fully saturated rings. The summed E-state index contributed by atoms with van der Waals surface area (Å²) in [5.41, 5.74) is 50.1. The molecule has 148 heavy (non-hydrogen) atoms. The number of hydrogen-bond donors (Lipinski definition) is 11. The molecule has 0 bridgehead atoms. The van der Waals surface area contributed by atoms with Crippen molar-refractivity contribution in [3.63, 3.8) is 0 Å². The van der Waals surface area contributed by atoms with E-state index in [0.29, 0.717) is 101 Å². The number of aromatic nitrogens is 7. The second-order valence-corrected chi connectivity index (χ2v) is 38.4. The average Bonchev–Trinajstić information content (AvgIpc) is 1.16. The molecule has 0 saturated heterocycles. The first-order chi connectivity index (χ1) is 70.9. The second kappa shape index (κ2) is 40.8. The number of anilines is 12. The van der Waals surface area contributed by atoms with E-state index >= 15 is 0 Å². The maximum Gasteiger partial charge on any atom is 0.245 e. The van der Waals surface area contributed by atoms with Crippen LogP contribution in [0.25, 0.3) is 115 Å². The number of ether oxygens (including phenoxy) is 1. The number of para-hydroxylation sites is 1. The summed E-state index contributed by atoms with van der Waals surface area (Å²) in [5.74, 6) is -2.84. The smallest absolute Gasteiger partial charge is 0.245 e. The highest BCUT2D eigenvalue weighted by Gasteiger charge is 2.47. The monoisotopic (exact) mass is 1970 g/mol. The number of hydrogen-bond acceptors (Lipinski definition) is 26. The van der Waals surface area contributed by atoms with E-state index in [1.54, 1.807) is 66.0 Å². The first-order valence-electron chi connectivity index (χ1n) is 47.8. The molecular weight excluding hydrogens is 1870 g/mol. The molecule has 5 saturated carbocycles. The lowest BCUT2D eigenvalue weighted by atomic mass is 9.94. The molecule has 738 valence electrons. The Kier molecular flexibility index (Phi) is 27.3. The Morgan fingerprint density at radius 1 is 0.466 bits per heavy atom. The number of halogens is 2. The van der Waals surface area contributed by atoms with Gasteiger partial charge in [-0.15, -0.1) is 0 Å². The van der Waals surface area contributed by atoms with Gasteiger partial charge in [0.15, 0.2) is 17.4 Å². The number of nitrogens with one attached hydrogen (secondary N) is 6. The zero-order valence-electron chi connectivity index (χ0n) is 81.7. The predicted molar refractivity (Wildman–Crippen MR) is 571 cm³/mol. The lowest BCUT2D eigenvalue weighted by Crippen LogP contribution is -2.15. The quantitative estimate of drug-likeness (QED) is 0.0249. The van der Waals surface area contributed by atoms with Gasteiger partial charge < -0.3 is 75.1 Å². The Morgan fingerprint density at radius 2 is 0.838 bits per heavy atom. The van der Waals surface area contributed by atoms with E-state index in [9.17, 15) is 37.5 Å². The predicted octanol–water partition coefficient (Wildman–Crippen LogP) is 20.1. The molecule has 8 heterocycles. The standard InChI is InChI=1S/C26H24F2N4O2.C23H19N5O2.C22H18N6O.C22H21N5O.C21H19N5O/c1-14-7-15(23(33)5-6-26(2,27)28)3-4-19(14)16-8-17-11-24(31-13-21(17)22(30)10-16)32-25(34)20-9-18(20)12-29;1-11-3-20-21(30-12(2)27-20)8-16(11)13-4-14-7-22(26-10-18(14)19(25)6-13)28-23(29)17-5-15(17)9-24;1-28-11-18-15(3-2-4-20(18)27-28)12-5-13-8-21(25-10-17(13)19(24)7-12)26-22(29)16-6-14(16)9-23;1-27(2)20-6-4-3-5-16(20)13-7-14-10-21(25-12-18(14)19(24)9-13)26-22(28)17-8-15(17)11-23;1-12-3-4-26(2)19(5-12)14-6-13-9-20(24-11-17(13)18(23)8-14)25-21(27)16-7-15(16)10-22/h3-4,7-8,10-11,13,18,20H,5-6,9,30H2,1-2H3,(H,31,32,34);3-4,6-8,10,15,17,27H,2,5,25H2,1H3,(H,26,28,29);2-5,7-8,10-11,14,16H,6,24H2,1H3,(H,25,26,29);3-7,9-10,12,15,17H,8,24H2,1-2H3,(H,25,26,28);3-6,8-9,11,15-16H,1,7,23H2,2H3,(H,24,25,27). The SMILES string of the molecule is C=C1C=CN(C)C(c2cc(N)c3cnc(NC(=O)C4CC4C#N)cc3c2)=C1.C=C1Nc2cc(C)c(-c3cc(N)c4cnc(NC(=O)C5CC5C#N)cc4c3)cc2O1.CN(C)c1ccccc1-c1cc(N)c2cnc(NC(=O)C3CC3C#N)cc2c1.Cc1cc(C(=O)CCC(C)(F)F)ccc1-c1cc(N)c2cnc(NC(=O)C3CC3C#N)cc2c1.Cn1cc2c(-c3cc(N)c4cnc(NC(=O)C5CC5C#N)cc4c3)cccc2n1. The number of amides is 5. The Hall–Kier alpha value is -19.0. The van der Waals surface area contributed by atoms with E-state index < -0.39 is 12.3 Å². The van der Waals surface area contributed by atoms with Crippen molar-refractivity contribution in [3.05, 3.63) is 266 Å². The number of nitrogen functional groups attached to an aromatic ring is 5. The van der Waals surface area contributed by atoms with Gasteiger partial charge >= 0.3 is 0 Å². The van der Waals surface area contributed by atoms with E-state index in [1.807, 2.05) is 187 Å². The van der Waals surface area contributed by atoms with Gasteiger partial charge in [0.1, 0.15) is 29.1 Å². The van der Waals surface area contributed by atoms with Gasteiger partial charge in [-0.1, -0.05) is 49.0 Å². The molecule has 2 aliphatic heterocycles. The number of Topliss-reactive ketones (excluding diaryl/α,β-unsaturated/α-hetero) is 1. The lowest BCUT2D eigenvalue weighted by molar-refractivity contribution is -0.118. The van der Waals surface area contributed by atoms with Gasteiger partial charge in [0, 0.05) is 173 Å². The van der Waals surface area contributed by atoms with Crippen LogP contribution in [0.5, 0.6) is 5.75 Å². The maximum absolute atomic E-state index is 13.1. The van der Waals surface area contributed by atoms with E-state index in [-0.39, 0.29) is 101 Å². The first kappa shape index (κ1) is 99.1. The summed E-state index contributed by atoms with van der Waals surface area (Å²) in [6.07, 6.45) is 18.5. The number of pyridine rings is 5. The molecule has 9 aromatic carbocycles. The number of nitriles is 5. The Bertz CT molecular complexity index is 8400. The second-order valence-electron chi connectivity index (χ2n) is 38.4. The van der Waals surface area contributed by atoms with E-state index in [1.165, 1.54) is 0 Å². The third-order valence-corrected chi connectivity index (χ3v) is 27.0. The largest absolute Gasteiger partial charge is 0.439 e. The number of nitrogens with zero attached hydrogens (tertiary/aromatic N) is 14. The Balaban J connectivity index is 0.000000121. The summed E-state index contributed by atoms with van der Waals surface area (Å²) >= 11 is 0. The summed E-state index contributed by atoms with van der Waals surface area (Å²) < 4.78 is 33.6. The van der Waals surface area contributed by atoms with Crippen molar-refractivity contribution in [2.75, 3.05) is 86.6 Å². The number of aryl methyl sites for hydroxylation is 3. The van der Waals surface area contributed by atoms with E-state index in [4.69, 9.17) is 59.7 Å². The molecule has 16 N–H and O–H groups in total. The molecule has 0 radical (unpaired) electrons. The molecule has 32 nitrogen and oxygen atoms in total. The zero-order chi connectivity index (χ0) is 105. The average molecular weight is 1970 g/mol. The van der Waals surface area contributed by atoms with Gasteiger partial charge in [-0.05, 0) is 276 Å². The molecule has 5 amide bonds. The van der Waals surface area contributed by atoms with E-state index in [0.717, 1.165) is 161 Å². The van der Waals surface area contributed by atoms with Gasteiger partial charge in [0.05, 0.1) is 101 Å². The van der Waals surface area contributed by atoms with Crippen molar-refractivity contribution in [3.8, 4) is 80.6 Å². The molecule has 10 unspecified atom stereocenters. The van der Waals surface area contributed by atoms with Crippen LogP contribution >= 0.6 is 0 Å². The summed E-state index contributed by atoms with van der Waals surface area (Å²) in [5, 5.41) is 75.5. The summed E-state index contributed by atoms with van der Waals surface area (Å²) in [7, 11) is 7.88. The minimum atomic E-state index is -2.88. The van der Waals surface area contributed by atoms with Crippen LogP contribution in [-0.4, -0.2) is 102 Å². The summed E-state index contributed by atoms with van der Waals surface area (Å²) in [4.78, 5) is 99.1. The van der Waals surface area contributed by atoms with Crippen LogP contribution < -0.4 is 70.2 Å². The third kappa shape index (κ3) is 22.0. The van der Waals surface area contributed by atoms with E-state index in [2.05, 4.69) is 129 Å². The van der Waals surface area contributed by atoms with Crippen molar-refractivity contribution in [2.24, 2.45) is 66.2 Å². The maximum atomic E-state index is 13.1. The van der Waals surface area contributed by atoms with Crippen molar-refractivity contribution in [1.82, 2.24) is 39.6 Å². The molecule has 10 atom stereocenters. The van der Waals surface area contributed by atoms with Crippen molar-refractivity contribution in [1.29, 1.82) is 26.3 Å². The summed E-state index contributed by atoms with van der Waals surface area (Å²) in [6.45, 7) is 12.5. The molecular formula is C114H101F2N25O7. The van der Waals surface area contributed by atoms with Crippen LogP contribution in [0.4, 0.5) is 77.7 Å². The molecule has 5 aliphatic carbocycles. The molecule has 7 aliphatic rings. The fraction of sp³-hybridized carbons (Fsp3) is 0.219. The number of ketones is 1. The van der Waals surface area contributed by atoms with Crippen molar-refractivity contribution >= 4 is 175 Å². The summed E-state index contributed by atoms with van der Waals surface area (Å²) in [6, 6.07) is 62.4. The number of allylic oxidation sites excluding steroid dienone is 3. The third-order valence-electron chi connectivity index (χ3n) is 27.0. The molecule has 6 aromatic heterocycles. The van der Waals surface area contributed by atoms with Crippen LogP contribution in [0.1, 0.15) is 78.9 Å². The Labute approximate surface area is 849 Å². The zero-order valence-corrected chi connectivity index (χ0v) is 81.7. The topological polar surface area (TPSA) is 522 Å². The fourth-order valence-corrected chi connectivity index (χ4v) is 18.3. The van der Waals surface area contributed by atoms with Crippen LogP contribution in [0.2, 0.25) is 0 Å². The normalized spacial score (nSPS) is 18.5. The number of nitrogens with two attached hydrogens (primary N) is 5. The molecule has 22 rings (SSSR count). The van der Waals surface area contributed by atoms with Gasteiger partial charge in [0.25, 0.3) is 0 Å². The van der Waals surface area contributed by atoms with Gasteiger partial charge in [0.2, 0.25) is 35.5 Å². The highest BCUT2D eigenvalue weighted by molar-refractivity contribution is 6.08. The number of carbonyl (C=O) groups is 6. The molecule has 15 aromatic rings. The van der Waals surface area contributed by atoms with Crippen LogP contribution in [0.3, 0.4) is 0 Å². The first-order valence-corrected chi connectivity index (χ1v) is 47.8. The number of alkyl halides is 2. The van der Waals surface area contributed by atoms with Crippen molar-refractivity contribution in [2.45, 2.75) is 71.6 Å². The van der Waals surface area contributed by atoms with Crippen LogP contribution in [-0.2, 0) is 31.0 Å². The van der Waals surface area contributed by atoms with Crippen LogP contribution in [0, 0.1) is 130 Å². The van der Waals surface area contributed by atoms with Gasteiger partial charge in [-0.2, -0.15) is 31.4 Å². The van der Waals surface area contributed by atoms with Gasteiger partial charge in [-0.3, -0.25) is 33.4 Å². The minimum Gasteiger partial charge on any atom is -0.439 e. The molecule has 0 spiro atoms. The number of carbonyl (C=O) groups excluding carboxylic acids is 6. The van der Waals surface area contributed by atoms with Crippen LogP contribution in [0.15, 0.2) is 244 Å². The highest BCUT2D eigenvalue weighted by atomic mass is 19.3. The molecule has 34 heteroatoms. The van der Waals surface area contributed by atoms with Crippen molar-refractivity contribution < 1.29 is 42.3 Å². The highest BCUT2D eigenvalue weighted by Crippen LogP contribution is 2.47. The number of rotatable bonds is 20. The fourth-order valence-electron chi connectivity index (χ4n) is 18.3. The lowest BCUT2D eigenvalue weighted by Gasteiger charge is -2.23. The Morgan fingerprint density at radius 3 is 1.23 bits per heavy atom. The number of benzene rings is 9. The minimum absolute atomic E-state index is 0.152.